The Morgan fingerprint density at radius 2 is 1.58 bits per heavy atom. The number of phenolic OH excluding ortho intramolecular Hbond substituents is 1. The third kappa shape index (κ3) is 5.45. The molecule has 0 saturated carbocycles. The Balaban J connectivity index is 0.000000197. The molecule has 26 heavy (non-hydrogen) atoms. The summed E-state index contributed by atoms with van der Waals surface area (Å²) in [5.41, 5.74) is 5.56. The van der Waals surface area contributed by atoms with Crippen LogP contribution in [0, 0.1) is 21.7 Å². The molecular weight excluding hydrogens is 362 g/mol. The maximum Gasteiger partial charge on any atom is 0.313 e. The van der Waals surface area contributed by atoms with Crippen LogP contribution in [0.2, 0.25) is 0 Å². The van der Waals surface area contributed by atoms with Crippen LogP contribution in [0.15, 0.2) is 76.5 Å². The number of nitrogens with two attached hydrogens (primary N) is 1. The normalized spacial score (nSPS) is 9.92. The highest BCUT2D eigenvalue weighted by molar-refractivity contribution is 7.99. The summed E-state index contributed by atoms with van der Waals surface area (Å²) in [5, 5.41) is 18.8. The highest BCUT2D eigenvalue weighted by Gasteiger charge is 2.12. The van der Waals surface area contributed by atoms with Crippen LogP contribution in [0.1, 0.15) is 0 Å². The molecule has 0 unspecified atom stereocenters. The fraction of sp³-hybridized carbons (Fsp3) is 0. The predicted molar refractivity (Wildman–Crippen MR) is 96.1 cm³/mol. The smallest absolute Gasteiger partial charge is 0.313 e. The number of phenols is 1. The van der Waals surface area contributed by atoms with Gasteiger partial charge in [0.15, 0.2) is 5.75 Å². The second-order valence-electron chi connectivity index (χ2n) is 4.99. The summed E-state index contributed by atoms with van der Waals surface area (Å²) in [6, 6.07) is 16.9. The van der Waals surface area contributed by atoms with Crippen molar-refractivity contribution in [3.05, 3.63) is 88.5 Å². The minimum absolute atomic E-state index is 0.301. The minimum Gasteiger partial charge on any atom is -0.502 e. The van der Waals surface area contributed by atoms with Crippen molar-refractivity contribution in [2.24, 2.45) is 0 Å². The molecule has 134 valence electrons. The van der Waals surface area contributed by atoms with E-state index >= 15 is 0 Å². The summed E-state index contributed by atoms with van der Waals surface area (Å²) in [5.74, 6) is -1.57. The highest BCUT2D eigenvalue weighted by atomic mass is 32.2. The van der Waals surface area contributed by atoms with Crippen molar-refractivity contribution in [2.75, 3.05) is 5.73 Å². The van der Waals surface area contributed by atoms with E-state index < -0.39 is 22.2 Å². The molecule has 3 aromatic rings. The van der Waals surface area contributed by atoms with E-state index in [0.717, 1.165) is 21.9 Å². The number of benzene rings is 3. The molecule has 0 saturated heterocycles. The van der Waals surface area contributed by atoms with Crippen LogP contribution >= 0.6 is 11.8 Å². The predicted octanol–water partition coefficient (Wildman–Crippen LogP) is 5.00. The first kappa shape index (κ1) is 19.2. The molecule has 0 bridgehead atoms. The lowest BCUT2D eigenvalue weighted by Crippen LogP contribution is -1.89. The van der Waals surface area contributed by atoms with Gasteiger partial charge in [-0.15, -0.1) is 0 Å². The number of nitro benzene ring substituents is 1. The number of anilines is 1. The molecule has 8 heteroatoms. The average molecular weight is 376 g/mol. The van der Waals surface area contributed by atoms with Crippen molar-refractivity contribution < 1.29 is 18.8 Å². The van der Waals surface area contributed by atoms with Gasteiger partial charge >= 0.3 is 5.69 Å². The van der Waals surface area contributed by atoms with E-state index in [1.54, 1.807) is 6.07 Å². The molecule has 0 radical (unpaired) electrons. The van der Waals surface area contributed by atoms with E-state index in [9.17, 15) is 18.9 Å². The number of nitrogens with zero attached hydrogens (tertiary/aromatic N) is 1. The first-order chi connectivity index (χ1) is 12.4. The number of halogens is 2. The Hall–Kier alpha value is -3.13. The van der Waals surface area contributed by atoms with Crippen molar-refractivity contribution in [1.82, 2.24) is 0 Å². The van der Waals surface area contributed by atoms with E-state index in [1.165, 1.54) is 23.9 Å². The molecule has 3 aromatic carbocycles. The zero-order valence-corrected chi connectivity index (χ0v) is 14.1. The zero-order chi connectivity index (χ0) is 19.1. The van der Waals surface area contributed by atoms with E-state index in [2.05, 4.69) is 0 Å². The molecule has 0 spiro atoms. The summed E-state index contributed by atoms with van der Waals surface area (Å²) in [6.07, 6.45) is 0. The highest BCUT2D eigenvalue weighted by Crippen LogP contribution is 2.31. The van der Waals surface area contributed by atoms with Gasteiger partial charge in [0.1, 0.15) is 11.6 Å². The third-order valence-electron chi connectivity index (χ3n) is 3.08. The lowest BCUT2D eigenvalue weighted by atomic mass is 10.3. The number of hydrogen-bond acceptors (Lipinski definition) is 5. The van der Waals surface area contributed by atoms with E-state index in [4.69, 9.17) is 10.8 Å². The lowest BCUT2D eigenvalue weighted by Gasteiger charge is -2.04. The number of nitrogen functional groups attached to an aromatic ring is 1. The largest absolute Gasteiger partial charge is 0.502 e. The molecule has 3 N–H and O–H groups in total. The van der Waals surface area contributed by atoms with E-state index in [1.807, 2.05) is 30.3 Å². The molecule has 0 amide bonds. The fourth-order valence-electron chi connectivity index (χ4n) is 1.87. The average Bonchev–Trinajstić information content (AvgIpc) is 2.61. The van der Waals surface area contributed by atoms with Gasteiger partial charge in [-0.05, 0) is 42.5 Å². The van der Waals surface area contributed by atoms with Crippen LogP contribution in [0.3, 0.4) is 0 Å². The van der Waals surface area contributed by atoms with Gasteiger partial charge in [-0.25, -0.2) is 8.78 Å². The van der Waals surface area contributed by atoms with Gasteiger partial charge in [-0.3, -0.25) is 10.1 Å². The van der Waals surface area contributed by atoms with Gasteiger partial charge in [-0.2, -0.15) is 0 Å². The topological polar surface area (TPSA) is 89.4 Å². The Kier molecular flexibility index (Phi) is 6.51. The molecule has 0 aliphatic carbocycles. The maximum absolute atomic E-state index is 12.8. The lowest BCUT2D eigenvalue weighted by molar-refractivity contribution is -0.386. The maximum atomic E-state index is 12.8. The van der Waals surface area contributed by atoms with Crippen molar-refractivity contribution in [2.45, 2.75) is 9.79 Å². The SMILES string of the molecule is Nc1cc(F)ccc1Sc1ccccc1.O=[N+]([O-])c1cc(F)ccc1O. The number of rotatable bonds is 3. The van der Waals surface area contributed by atoms with Crippen molar-refractivity contribution in [1.29, 1.82) is 0 Å². The molecule has 5 nitrogen and oxygen atoms in total. The Morgan fingerprint density at radius 3 is 2.15 bits per heavy atom. The fourth-order valence-corrected chi connectivity index (χ4v) is 2.73. The van der Waals surface area contributed by atoms with E-state index in [0.29, 0.717) is 11.8 Å². The molecule has 0 atom stereocenters. The van der Waals surface area contributed by atoms with Crippen molar-refractivity contribution in [3.8, 4) is 5.75 Å². The van der Waals surface area contributed by atoms with Crippen LogP contribution < -0.4 is 5.73 Å². The number of hydrogen-bond donors (Lipinski definition) is 2. The Labute approximate surface area is 152 Å². The van der Waals surface area contributed by atoms with E-state index in [-0.39, 0.29) is 5.82 Å². The van der Waals surface area contributed by atoms with Crippen molar-refractivity contribution in [3.63, 3.8) is 0 Å². The van der Waals surface area contributed by atoms with Gasteiger partial charge in [-0.1, -0.05) is 30.0 Å². The number of nitro groups is 1. The van der Waals surface area contributed by atoms with Crippen LogP contribution in [-0.2, 0) is 0 Å². The Bertz CT molecular complexity index is 908. The standard InChI is InChI=1S/C12H10FNS.C6H4FNO3/c13-9-6-7-12(11(14)8-9)15-10-4-2-1-3-5-10;7-4-1-2-6(9)5(3-4)8(10)11/h1-8H,14H2;1-3,9H. The second-order valence-corrected chi connectivity index (χ2v) is 6.10. The van der Waals surface area contributed by atoms with Crippen molar-refractivity contribution >= 4 is 23.1 Å². The van der Waals surface area contributed by atoms with Crippen LogP contribution in [-0.4, -0.2) is 10.0 Å². The monoisotopic (exact) mass is 376 g/mol. The van der Waals surface area contributed by atoms with Gasteiger partial charge in [0.05, 0.1) is 11.0 Å². The molecule has 0 aliphatic rings. The quantitative estimate of drug-likeness (QED) is 0.381. The van der Waals surface area contributed by atoms with Crippen LogP contribution in [0.25, 0.3) is 0 Å². The molecular formula is C18H14F2N2O3S. The van der Waals surface area contributed by atoms with Gasteiger partial charge < -0.3 is 10.8 Å². The zero-order valence-electron chi connectivity index (χ0n) is 13.3. The second kappa shape index (κ2) is 8.82. The van der Waals surface area contributed by atoms with Gasteiger partial charge in [0, 0.05) is 15.5 Å². The van der Waals surface area contributed by atoms with Gasteiger partial charge in [0.25, 0.3) is 0 Å². The first-order valence-electron chi connectivity index (χ1n) is 7.27. The molecule has 0 heterocycles. The summed E-state index contributed by atoms with van der Waals surface area (Å²) >= 11 is 1.53. The summed E-state index contributed by atoms with van der Waals surface area (Å²) < 4.78 is 25.1. The number of aromatic hydroxyl groups is 1. The molecule has 0 aliphatic heterocycles. The van der Waals surface area contributed by atoms with Crippen LogP contribution in [0.5, 0.6) is 5.75 Å². The first-order valence-corrected chi connectivity index (χ1v) is 8.09. The molecule has 0 fully saturated rings. The third-order valence-corrected chi connectivity index (χ3v) is 4.18. The van der Waals surface area contributed by atoms with Gasteiger partial charge in [0.2, 0.25) is 0 Å². The molecule has 0 aromatic heterocycles. The Morgan fingerprint density at radius 1 is 0.962 bits per heavy atom. The summed E-state index contributed by atoms with van der Waals surface area (Å²) in [7, 11) is 0. The van der Waals surface area contributed by atoms with Crippen LogP contribution in [0.4, 0.5) is 20.2 Å². The summed E-state index contributed by atoms with van der Waals surface area (Å²) in [4.78, 5) is 11.2. The summed E-state index contributed by atoms with van der Waals surface area (Å²) in [6.45, 7) is 0. The molecule has 3 rings (SSSR count). The minimum atomic E-state index is -0.849.